The van der Waals surface area contributed by atoms with E-state index >= 15 is 0 Å². The third-order valence-electron chi connectivity index (χ3n) is 5.12. The zero-order valence-electron chi connectivity index (χ0n) is 15.7. The van der Waals surface area contributed by atoms with Crippen molar-refractivity contribution in [2.45, 2.75) is 18.9 Å². The number of carbonyl (C=O) groups excluding carboxylic acids is 2. The van der Waals surface area contributed by atoms with E-state index in [-0.39, 0.29) is 18.0 Å². The molecule has 0 radical (unpaired) electrons. The number of nitrogens with one attached hydrogen (secondary N) is 1. The van der Waals surface area contributed by atoms with Crippen LogP contribution >= 0.6 is 22.9 Å². The van der Waals surface area contributed by atoms with Gasteiger partial charge in [0.2, 0.25) is 0 Å². The van der Waals surface area contributed by atoms with Crippen molar-refractivity contribution >= 4 is 46.2 Å². The third kappa shape index (κ3) is 4.55. The van der Waals surface area contributed by atoms with Gasteiger partial charge in [0.25, 0.3) is 0 Å². The lowest BCUT2D eigenvalue weighted by Gasteiger charge is -2.30. The van der Waals surface area contributed by atoms with Crippen LogP contribution in [0.1, 0.15) is 22.5 Å². The zero-order valence-corrected chi connectivity index (χ0v) is 17.3. The third-order valence-corrected chi connectivity index (χ3v) is 6.39. The minimum Gasteiger partial charge on any atom is -0.444 e. The minimum atomic E-state index is -0.518. The lowest BCUT2D eigenvalue weighted by Crippen LogP contribution is -2.43. The van der Waals surface area contributed by atoms with Crippen molar-refractivity contribution in [1.29, 1.82) is 0 Å². The van der Waals surface area contributed by atoms with Gasteiger partial charge in [-0.05, 0) is 36.8 Å². The second-order valence-corrected chi connectivity index (χ2v) is 8.77. The molecule has 1 amide bonds. The fourth-order valence-electron chi connectivity index (χ4n) is 3.59. The Balaban J connectivity index is 1.37. The molecule has 0 bridgehead atoms. The van der Waals surface area contributed by atoms with Crippen molar-refractivity contribution in [2.24, 2.45) is 0 Å². The van der Waals surface area contributed by atoms with Crippen LogP contribution in [-0.4, -0.2) is 50.7 Å². The van der Waals surface area contributed by atoms with Crippen molar-refractivity contribution in [2.75, 3.05) is 42.5 Å². The summed E-state index contributed by atoms with van der Waals surface area (Å²) in [5.41, 5.74) is 1.00. The Labute approximate surface area is 177 Å². The number of amides is 1. The summed E-state index contributed by atoms with van der Waals surface area (Å²) >= 11 is 7.10. The molecule has 29 heavy (non-hydrogen) atoms. The lowest BCUT2D eigenvalue weighted by molar-refractivity contribution is 0.0943. The van der Waals surface area contributed by atoms with Gasteiger partial charge in [-0.15, -0.1) is 11.3 Å². The molecule has 2 aliphatic heterocycles. The molecule has 2 aliphatic rings. The van der Waals surface area contributed by atoms with Crippen LogP contribution in [0.4, 0.5) is 20.6 Å². The van der Waals surface area contributed by atoms with Gasteiger partial charge in [-0.25, -0.2) is 9.18 Å². The molecule has 0 aliphatic carbocycles. The molecule has 0 saturated carbocycles. The number of halogens is 2. The monoisotopic (exact) mass is 437 g/mol. The van der Waals surface area contributed by atoms with Gasteiger partial charge in [-0.2, -0.15) is 0 Å². The van der Waals surface area contributed by atoms with E-state index < -0.39 is 12.2 Å². The summed E-state index contributed by atoms with van der Waals surface area (Å²) in [5, 5.41) is 3.24. The van der Waals surface area contributed by atoms with Gasteiger partial charge in [0.05, 0.1) is 27.1 Å². The number of ether oxygens (including phenoxy) is 1. The fourth-order valence-corrected chi connectivity index (χ4v) is 4.60. The number of hydrogen-bond acceptors (Lipinski definition) is 6. The first kappa shape index (κ1) is 20.1. The Hall–Kier alpha value is -2.16. The minimum absolute atomic E-state index is 0.0252. The van der Waals surface area contributed by atoms with E-state index in [4.69, 9.17) is 16.3 Å². The number of carbonyl (C=O) groups is 2. The van der Waals surface area contributed by atoms with Gasteiger partial charge >= 0.3 is 6.09 Å². The molecule has 9 heteroatoms. The molecule has 6 nitrogen and oxygen atoms in total. The molecular formula is C20H21ClFN3O3S. The summed E-state index contributed by atoms with van der Waals surface area (Å²) in [5.74, 6) is -0.381. The fraction of sp³-hybridized carbons (Fsp3) is 0.400. The molecule has 0 unspecified atom stereocenters. The van der Waals surface area contributed by atoms with Crippen LogP contribution in [0.25, 0.3) is 0 Å². The summed E-state index contributed by atoms with van der Waals surface area (Å²) in [7, 11) is 0. The van der Waals surface area contributed by atoms with Gasteiger partial charge in [-0.1, -0.05) is 11.6 Å². The largest absolute Gasteiger partial charge is 0.444 e. The molecule has 3 heterocycles. The molecule has 2 fully saturated rings. The van der Waals surface area contributed by atoms with Gasteiger partial charge in [0.1, 0.15) is 11.9 Å². The average Bonchev–Trinajstić information content (AvgIpc) is 3.32. The number of Topliss-reactive ketones (excluding diaryl/α,β-unsaturated/α-hetero) is 1. The Morgan fingerprint density at radius 1 is 1.28 bits per heavy atom. The maximum Gasteiger partial charge on any atom is 0.414 e. The quantitative estimate of drug-likeness (QED) is 0.693. The Morgan fingerprint density at radius 2 is 2.07 bits per heavy atom. The maximum atomic E-state index is 14.7. The number of anilines is 2. The normalized spacial score (nSPS) is 19.5. The number of ketones is 1. The van der Waals surface area contributed by atoms with Crippen LogP contribution in [0, 0.1) is 5.82 Å². The van der Waals surface area contributed by atoms with E-state index in [9.17, 15) is 14.0 Å². The molecule has 1 aromatic carbocycles. The van der Waals surface area contributed by atoms with Crippen molar-refractivity contribution in [3.05, 3.63) is 45.4 Å². The van der Waals surface area contributed by atoms with Gasteiger partial charge in [0, 0.05) is 32.6 Å². The SMILES string of the molecule is O=C(CC[C@H]1CN(c2ccc(N3CCNCC3)c(F)c2)C(=O)O1)c1ccc(Cl)s1. The van der Waals surface area contributed by atoms with E-state index in [0.717, 1.165) is 26.2 Å². The number of piperazine rings is 1. The summed E-state index contributed by atoms with van der Waals surface area (Å²) < 4.78 is 20.6. The number of benzene rings is 1. The van der Waals surface area contributed by atoms with Gasteiger partial charge < -0.3 is 15.0 Å². The van der Waals surface area contributed by atoms with E-state index in [0.29, 0.717) is 33.6 Å². The Morgan fingerprint density at radius 3 is 2.76 bits per heavy atom. The first-order chi connectivity index (χ1) is 14.0. The van der Waals surface area contributed by atoms with Crippen LogP contribution < -0.4 is 15.1 Å². The van der Waals surface area contributed by atoms with Crippen LogP contribution in [-0.2, 0) is 4.74 Å². The molecular weight excluding hydrogens is 417 g/mol. The van der Waals surface area contributed by atoms with E-state index in [2.05, 4.69) is 5.32 Å². The smallest absolute Gasteiger partial charge is 0.414 e. The molecule has 1 N–H and O–H groups in total. The average molecular weight is 438 g/mol. The highest BCUT2D eigenvalue weighted by Gasteiger charge is 2.33. The Kier molecular flexibility index (Phi) is 6.03. The maximum absolute atomic E-state index is 14.7. The van der Waals surface area contributed by atoms with E-state index in [1.165, 1.54) is 22.3 Å². The first-order valence-corrected chi connectivity index (χ1v) is 10.7. The standard InChI is InChI=1S/C20H21ClFN3O3S/c21-19-6-5-18(29-19)17(26)4-2-14-12-25(20(27)28-14)13-1-3-16(15(22)11-13)24-9-7-23-8-10-24/h1,3,5-6,11,14,23H,2,4,7-10,12H2/t14-/m0/s1. The van der Waals surface area contributed by atoms with E-state index in [1.54, 1.807) is 24.3 Å². The van der Waals surface area contributed by atoms with Crippen LogP contribution in [0.2, 0.25) is 4.34 Å². The van der Waals surface area contributed by atoms with Gasteiger partial charge in [0.15, 0.2) is 5.78 Å². The highest BCUT2D eigenvalue weighted by molar-refractivity contribution is 7.18. The highest BCUT2D eigenvalue weighted by Crippen LogP contribution is 2.29. The Bertz CT molecular complexity index is 916. The molecule has 2 saturated heterocycles. The van der Waals surface area contributed by atoms with Crippen molar-refractivity contribution in [3.63, 3.8) is 0 Å². The summed E-state index contributed by atoms with van der Waals surface area (Å²) in [4.78, 5) is 28.5. The number of hydrogen-bond donors (Lipinski definition) is 1. The van der Waals surface area contributed by atoms with Gasteiger partial charge in [-0.3, -0.25) is 9.69 Å². The van der Waals surface area contributed by atoms with Crippen molar-refractivity contribution in [3.8, 4) is 0 Å². The second-order valence-electron chi connectivity index (χ2n) is 7.05. The summed E-state index contributed by atoms with van der Waals surface area (Å²) in [6.07, 6.45) is -0.245. The molecule has 1 atom stereocenters. The van der Waals surface area contributed by atoms with Crippen molar-refractivity contribution in [1.82, 2.24) is 5.32 Å². The summed E-state index contributed by atoms with van der Waals surface area (Å²) in [6.45, 7) is 3.42. The molecule has 2 aromatic rings. The lowest BCUT2D eigenvalue weighted by atomic mass is 10.1. The number of cyclic esters (lactones) is 1. The number of nitrogens with zero attached hydrogens (tertiary/aromatic N) is 2. The zero-order chi connectivity index (χ0) is 20.4. The van der Waals surface area contributed by atoms with Crippen LogP contribution in [0.15, 0.2) is 30.3 Å². The summed E-state index contributed by atoms with van der Waals surface area (Å²) in [6, 6.07) is 8.21. The molecule has 4 rings (SSSR count). The second kappa shape index (κ2) is 8.69. The van der Waals surface area contributed by atoms with E-state index in [1.807, 2.05) is 4.90 Å². The highest BCUT2D eigenvalue weighted by atomic mass is 35.5. The topological polar surface area (TPSA) is 61.9 Å². The molecule has 1 aromatic heterocycles. The molecule has 154 valence electrons. The molecule has 0 spiro atoms. The predicted octanol–water partition coefficient (Wildman–Crippen LogP) is 3.94. The number of thiophene rings is 1. The van der Waals surface area contributed by atoms with Crippen molar-refractivity contribution < 1.29 is 18.7 Å². The van der Waals surface area contributed by atoms with Crippen LogP contribution in [0.3, 0.4) is 0 Å². The first-order valence-electron chi connectivity index (χ1n) is 9.53. The number of rotatable bonds is 6. The predicted molar refractivity (Wildman–Crippen MR) is 112 cm³/mol. The van der Waals surface area contributed by atoms with Crippen LogP contribution in [0.5, 0.6) is 0 Å².